The molecule has 4 nitrogen and oxygen atoms in total. The summed E-state index contributed by atoms with van der Waals surface area (Å²) in [7, 11) is 0. The number of esters is 1. The number of halogens is 1. The van der Waals surface area contributed by atoms with Gasteiger partial charge >= 0.3 is 5.97 Å². The maximum atomic E-state index is 13.1. The zero-order chi connectivity index (χ0) is 17.5. The van der Waals surface area contributed by atoms with Gasteiger partial charge in [-0.05, 0) is 43.7 Å². The monoisotopic (exact) mass is 327 g/mol. The van der Waals surface area contributed by atoms with Crippen LogP contribution in [0.3, 0.4) is 0 Å². The number of carbonyl (C=O) groups is 2. The molecule has 24 heavy (non-hydrogen) atoms. The Kier molecular flexibility index (Phi) is 5.84. The molecule has 0 aliphatic heterocycles. The molecule has 0 spiro atoms. The van der Waals surface area contributed by atoms with Crippen LogP contribution in [0.2, 0.25) is 0 Å². The summed E-state index contributed by atoms with van der Waals surface area (Å²) in [4.78, 5) is 23.7. The highest BCUT2D eigenvalue weighted by Crippen LogP contribution is 2.10. The highest BCUT2D eigenvalue weighted by molar-refractivity contribution is 5.96. The molecule has 0 fully saturated rings. The minimum atomic E-state index is -0.997. The fourth-order valence-electron chi connectivity index (χ4n) is 1.92. The van der Waals surface area contributed by atoms with Crippen molar-refractivity contribution >= 4 is 23.6 Å². The lowest BCUT2D eigenvalue weighted by atomic mass is 10.1. The van der Waals surface area contributed by atoms with Crippen LogP contribution in [0, 0.1) is 12.7 Å². The Morgan fingerprint density at radius 3 is 2.54 bits per heavy atom. The SMILES string of the molecule is Cc1ccc(/C=C/C(=O)O[C@@H](C)C(=O)Nc2cccc(F)c2)cc1. The minimum Gasteiger partial charge on any atom is -0.449 e. The summed E-state index contributed by atoms with van der Waals surface area (Å²) in [6.45, 7) is 3.42. The smallest absolute Gasteiger partial charge is 0.331 e. The van der Waals surface area contributed by atoms with Crippen molar-refractivity contribution in [3.05, 3.63) is 71.6 Å². The van der Waals surface area contributed by atoms with Gasteiger partial charge in [0.15, 0.2) is 6.10 Å². The standard InChI is InChI=1S/C19H18FNO3/c1-13-6-8-15(9-7-13)10-11-18(22)24-14(2)19(23)21-17-5-3-4-16(20)12-17/h3-12,14H,1-2H3,(H,21,23)/b11-10+/t14-/m0/s1. The number of rotatable bonds is 5. The van der Waals surface area contributed by atoms with Crippen molar-refractivity contribution in [3.8, 4) is 0 Å². The summed E-state index contributed by atoms with van der Waals surface area (Å²) in [6.07, 6.45) is 1.87. The number of aryl methyl sites for hydroxylation is 1. The van der Waals surface area contributed by atoms with Crippen LogP contribution < -0.4 is 5.32 Å². The van der Waals surface area contributed by atoms with Crippen molar-refractivity contribution in [3.63, 3.8) is 0 Å². The zero-order valence-electron chi connectivity index (χ0n) is 13.5. The van der Waals surface area contributed by atoms with Crippen molar-refractivity contribution < 1.29 is 18.7 Å². The normalized spacial score (nSPS) is 12.0. The van der Waals surface area contributed by atoms with Crippen LogP contribution >= 0.6 is 0 Å². The second-order valence-electron chi connectivity index (χ2n) is 5.32. The van der Waals surface area contributed by atoms with Gasteiger partial charge in [0.2, 0.25) is 0 Å². The lowest BCUT2D eigenvalue weighted by Gasteiger charge is -2.12. The average molecular weight is 327 g/mol. The number of amides is 1. The van der Waals surface area contributed by atoms with Gasteiger partial charge in [-0.2, -0.15) is 0 Å². The van der Waals surface area contributed by atoms with Gasteiger partial charge in [-0.1, -0.05) is 35.9 Å². The Bertz CT molecular complexity index is 753. The van der Waals surface area contributed by atoms with Crippen LogP contribution in [0.5, 0.6) is 0 Å². The van der Waals surface area contributed by atoms with E-state index in [2.05, 4.69) is 5.32 Å². The van der Waals surface area contributed by atoms with E-state index in [0.29, 0.717) is 5.69 Å². The first-order valence-electron chi connectivity index (χ1n) is 7.46. The van der Waals surface area contributed by atoms with E-state index in [-0.39, 0.29) is 0 Å². The third-order valence-electron chi connectivity index (χ3n) is 3.24. The molecule has 124 valence electrons. The van der Waals surface area contributed by atoms with Gasteiger partial charge in [0.1, 0.15) is 5.82 Å². The number of nitrogens with one attached hydrogen (secondary N) is 1. The molecule has 0 bridgehead atoms. The molecule has 0 aliphatic rings. The Hall–Kier alpha value is -2.95. The molecule has 0 saturated heterocycles. The van der Waals surface area contributed by atoms with E-state index >= 15 is 0 Å². The Morgan fingerprint density at radius 1 is 1.17 bits per heavy atom. The molecule has 0 unspecified atom stereocenters. The largest absolute Gasteiger partial charge is 0.449 e. The molecule has 0 saturated carbocycles. The van der Waals surface area contributed by atoms with Crippen LogP contribution in [0.15, 0.2) is 54.6 Å². The summed E-state index contributed by atoms with van der Waals surface area (Å²) < 4.78 is 18.1. The first kappa shape index (κ1) is 17.4. The molecule has 2 aromatic carbocycles. The van der Waals surface area contributed by atoms with E-state index in [1.165, 1.54) is 31.2 Å². The number of benzene rings is 2. The molecule has 5 heteroatoms. The molecule has 2 aromatic rings. The summed E-state index contributed by atoms with van der Waals surface area (Å²) >= 11 is 0. The van der Waals surface area contributed by atoms with Crippen molar-refractivity contribution in [2.24, 2.45) is 0 Å². The van der Waals surface area contributed by atoms with Crippen molar-refractivity contribution in [1.29, 1.82) is 0 Å². The molecular formula is C19H18FNO3. The van der Waals surface area contributed by atoms with Gasteiger partial charge in [0, 0.05) is 11.8 Å². The highest BCUT2D eigenvalue weighted by atomic mass is 19.1. The van der Waals surface area contributed by atoms with Crippen LogP contribution in [0.4, 0.5) is 10.1 Å². The van der Waals surface area contributed by atoms with E-state index in [9.17, 15) is 14.0 Å². The minimum absolute atomic E-state index is 0.304. The molecular weight excluding hydrogens is 309 g/mol. The molecule has 0 heterocycles. The second-order valence-corrected chi connectivity index (χ2v) is 5.32. The van der Waals surface area contributed by atoms with Crippen molar-refractivity contribution in [2.45, 2.75) is 20.0 Å². The van der Waals surface area contributed by atoms with E-state index in [1.54, 1.807) is 12.1 Å². The van der Waals surface area contributed by atoms with Crippen LogP contribution in [-0.2, 0) is 14.3 Å². The molecule has 1 amide bonds. The number of carbonyl (C=O) groups excluding carboxylic acids is 2. The molecule has 0 aromatic heterocycles. The maximum absolute atomic E-state index is 13.1. The molecule has 2 rings (SSSR count). The predicted molar refractivity (Wildman–Crippen MR) is 90.8 cm³/mol. The number of hydrogen-bond donors (Lipinski definition) is 1. The Labute approximate surface area is 140 Å². The van der Waals surface area contributed by atoms with E-state index in [4.69, 9.17) is 4.74 Å². The van der Waals surface area contributed by atoms with Crippen LogP contribution in [0.25, 0.3) is 6.08 Å². The van der Waals surface area contributed by atoms with Gasteiger partial charge < -0.3 is 10.1 Å². The maximum Gasteiger partial charge on any atom is 0.331 e. The average Bonchev–Trinajstić information content (AvgIpc) is 2.54. The van der Waals surface area contributed by atoms with Crippen molar-refractivity contribution in [2.75, 3.05) is 5.32 Å². The van der Waals surface area contributed by atoms with Gasteiger partial charge in [-0.25, -0.2) is 9.18 Å². The fourth-order valence-corrected chi connectivity index (χ4v) is 1.92. The summed E-state index contributed by atoms with van der Waals surface area (Å²) in [5, 5.41) is 2.49. The third kappa shape index (κ3) is 5.35. The first-order chi connectivity index (χ1) is 11.4. The second kappa shape index (κ2) is 8.06. The van der Waals surface area contributed by atoms with E-state index < -0.39 is 23.8 Å². The summed E-state index contributed by atoms with van der Waals surface area (Å²) in [6, 6.07) is 13.1. The zero-order valence-corrected chi connectivity index (χ0v) is 13.5. The predicted octanol–water partition coefficient (Wildman–Crippen LogP) is 3.72. The summed E-state index contributed by atoms with van der Waals surface area (Å²) in [5.74, 6) is -1.62. The van der Waals surface area contributed by atoms with E-state index in [1.807, 2.05) is 31.2 Å². The number of anilines is 1. The summed E-state index contributed by atoms with van der Waals surface area (Å²) in [5.41, 5.74) is 2.28. The lowest BCUT2D eigenvalue weighted by molar-refractivity contribution is -0.148. The molecule has 0 radical (unpaired) electrons. The van der Waals surface area contributed by atoms with Crippen molar-refractivity contribution in [1.82, 2.24) is 0 Å². The fraction of sp³-hybridized carbons (Fsp3) is 0.158. The Balaban J connectivity index is 1.88. The quantitative estimate of drug-likeness (QED) is 0.673. The number of ether oxygens (including phenoxy) is 1. The molecule has 1 atom stereocenters. The van der Waals surface area contributed by atoms with Crippen LogP contribution in [-0.4, -0.2) is 18.0 Å². The number of hydrogen-bond acceptors (Lipinski definition) is 3. The van der Waals surface area contributed by atoms with Crippen LogP contribution in [0.1, 0.15) is 18.1 Å². The third-order valence-corrected chi connectivity index (χ3v) is 3.24. The first-order valence-corrected chi connectivity index (χ1v) is 7.46. The van der Waals surface area contributed by atoms with Gasteiger partial charge in [0.25, 0.3) is 5.91 Å². The topological polar surface area (TPSA) is 55.4 Å². The lowest BCUT2D eigenvalue weighted by Crippen LogP contribution is -2.29. The highest BCUT2D eigenvalue weighted by Gasteiger charge is 2.16. The van der Waals surface area contributed by atoms with Gasteiger partial charge in [-0.3, -0.25) is 4.79 Å². The molecule has 0 aliphatic carbocycles. The Morgan fingerprint density at radius 2 is 1.88 bits per heavy atom. The van der Waals surface area contributed by atoms with E-state index in [0.717, 1.165) is 11.1 Å². The van der Waals surface area contributed by atoms with Gasteiger partial charge in [-0.15, -0.1) is 0 Å². The molecule has 1 N–H and O–H groups in total. The van der Waals surface area contributed by atoms with Gasteiger partial charge in [0.05, 0.1) is 0 Å².